The third kappa shape index (κ3) is 4.75. The topological polar surface area (TPSA) is 67.2 Å². The fourth-order valence-electron chi connectivity index (χ4n) is 4.54. The molecule has 3 aromatic rings. The van der Waals surface area contributed by atoms with E-state index in [-0.39, 0.29) is 18.0 Å². The Morgan fingerprint density at radius 2 is 1.66 bits per heavy atom. The average Bonchev–Trinajstić information content (AvgIpc) is 2.82. The Labute approximate surface area is 189 Å². The van der Waals surface area contributed by atoms with E-state index in [4.69, 9.17) is 4.98 Å². The van der Waals surface area contributed by atoms with Crippen LogP contribution in [0.25, 0.3) is 10.9 Å². The molecule has 6 nitrogen and oxygen atoms in total. The van der Waals surface area contributed by atoms with Crippen molar-refractivity contribution < 1.29 is 4.79 Å². The van der Waals surface area contributed by atoms with Crippen molar-refractivity contribution in [2.75, 3.05) is 18.4 Å². The summed E-state index contributed by atoms with van der Waals surface area (Å²) in [5, 5.41) is 3.64. The molecule has 1 aromatic heterocycles. The van der Waals surface area contributed by atoms with Crippen LogP contribution in [0, 0.1) is 0 Å². The molecule has 0 aliphatic carbocycles. The van der Waals surface area contributed by atoms with E-state index in [1.165, 1.54) is 6.42 Å². The average molecular weight is 433 g/mol. The second kappa shape index (κ2) is 10.1. The van der Waals surface area contributed by atoms with Crippen LogP contribution < -0.4 is 10.9 Å². The van der Waals surface area contributed by atoms with E-state index < -0.39 is 0 Å². The first kappa shape index (κ1) is 22.2. The first-order valence-electron chi connectivity index (χ1n) is 11.7. The van der Waals surface area contributed by atoms with Gasteiger partial charge in [0.2, 0.25) is 5.91 Å². The molecule has 32 heavy (non-hydrogen) atoms. The highest BCUT2D eigenvalue weighted by Gasteiger charge is 2.19. The normalized spacial score (nSPS) is 14.6. The van der Waals surface area contributed by atoms with Crippen molar-refractivity contribution in [1.82, 2.24) is 14.5 Å². The lowest BCUT2D eigenvalue weighted by atomic mass is 10.0. The van der Waals surface area contributed by atoms with Crippen molar-refractivity contribution in [2.45, 2.75) is 59.0 Å². The van der Waals surface area contributed by atoms with Gasteiger partial charge in [0.05, 0.1) is 17.4 Å². The van der Waals surface area contributed by atoms with Crippen LogP contribution in [0.3, 0.4) is 0 Å². The Morgan fingerprint density at radius 3 is 2.34 bits per heavy atom. The van der Waals surface area contributed by atoms with Gasteiger partial charge in [0, 0.05) is 5.69 Å². The van der Waals surface area contributed by atoms with Crippen molar-refractivity contribution in [3.05, 3.63) is 69.8 Å². The van der Waals surface area contributed by atoms with Crippen molar-refractivity contribution in [3.63, 3.8) is 0 Å². The van der Waals surface area contributed by atoms with E-state index in [0.29, 0.717) is 23.3 Å². The molecule has 1 amide bonds. The number of nitrogens with one attached hydrogen (secondary N) is 1. The van der Waals surface area contributed by atoms with Gasteiger partial charge in [0.1, 0.15) is 12.4 Å². The van der Waals surface area contributed by atoms with Gasteiger partial charge in [-0.05, 0) is 62.0 Å². The maximum atomic E-state index is 13.3. The number of anilines is 1. The minimum Gasteiger partial charge on any atom is -0.324 e. The summed E-state index contributed by atoms with van der Waals surface area (Å²) in [5.41, 5.74) is 3.62. The number of benzene rings is 2. The zero-order valence-corrected chi connectivity index (χ0v) is 19.1. The lowest BCUT2D eigenvalue weighted by molar-refractivity contribution is -0.116. The molecule has 168 valence electrons. The predicted molar refractivity (Wildman–Crippen MR) is 129 cm³/mol. The number of hydrogen-bond acceptors (Lipinski definition) is 4. The molecule has 0 radical (unpaired) electrons. The minimum absolute atomic E-state index is 0.0406. The van der Waals surface area contributed by atoms with E-state index in [0.717, 1.165) is 55.6 Å². The number of likely N-dealkylation sites (tertiary alicyclic amines) is 1. The largest absolute Gasteiger partial charge is 0.324 e. The lowest BCUT2D eigenvalue weighted by Crippen LogP contribution is -2.36. The summed E-state index contributed by atoms with van der Waals surface area (Å²) in [7, 11) is 0. The van der Waals surface area contributed by atoms with E-state index >= 15 is 0 Å². The summed E-state index contributed by atoms with van der Waals surface area (Å²) < 4.78 is 1.56. The number of para-hydroxylation sites is 2. The molecule has 1 saturated heterocycles. The van der Waals surface area contributed by atoms with Crippen molar-refractivity contribution >= 4 is 22.5 Å². The number of carbonyl (C=O) groups excluding carboxylic acids is 1. The number of piperidine rings is 1. The number of aromatic nitrogens is 2. The number of aryl methyl sites for hydroxylation is 2. The Bertz CT molecular complexity index is 1140. The third-order valence-electron chi connectivity index (χ3n) is 6.32. The van der Waals surface area contributed by atoms with Gasteiger partial charge in [-0.3, -0.25) is 19.1 Å². The van der Waals surface area contributed by atoms with Crippen LogP contribution in [0.15, 0.2) is 47.3 Å². The molecule has 0 bridgehead atoms. The molecule has 4 rings (SSSR count). The predicted octanol–water partition coefficient (Wildman–Crippen LogP) is 4.15. The zero-order valence-electron chi connectivity index (χ0n) is 19.1. The van der Waals surface area contributed by atoms with Crippen LogP contribution in [-0.4, -0.2) is 33.4 Å². The molecule has 1 aliphatic heterocycles. The van der Waals surface area contributed by atoms with Crippen LogP contribution in [0.5, 0.6) is 0 Å². The summed E-state index contributed by atoms with van der Waals surface area (Å²) in [6.07, 6.45) is 5.23. The second-order valence-corrected chi connectivity index (χ2v) is 8.48. The first-order chi connectivity index (χ1) is 15.6. The van der Waals surface area contributed by atoms with E-state index in [1.807, 2.05) is 36.4 Å². The van der Waals surface area contributed by atoms with E-state index in [1.54, 1.807) is 10.6 Å². The van der Waals surface area contributed by atoms with E-state index in [2.05, 4.69) is 24.1 Å². The quantitative estimate of drug-likeness (QED) is 0.609. The van der Waals surface area contributed by atoms with Gasteiger partial charge < -0.3 is 5.32 Å². The molecule has 0 unspecified atom stereocenters. The highest BCUT2D eigenvalue weighted by molar-refractivity contribution is 5.92. The lowest BCUT2D eigenvalue weighted by Gasteiger charge is -2.27. The van der Waals surface area contributed by atoms with Crippen molar-refractivity contribution in [2.24, 2.45) is 0 Å². The minimum atomic E-state index is -0.195. The van der Waals surface area contributed by atoms with Gasteiger partial charge in [0.15, 0.2) is 0 Å². The number of carbonyl (C=O) groups is 1. The van der Waals surface area contributed by atoms with Crippen molar-refractivity contribution in [1.29, 1.82) is 0 Å². The zero-order chi connectivity index (χ0) is 22.5. The standard InChI is InChI=1S/C26H32N4O2/c1-3-19-11-10-12-20(4-2)25(19)28-24(31)18-30-23(17-29-15-8-5-9-16-29)27-22-14-7-6-13-21(22)26(30)32/h6-7,10-14H,3-5,8-9,15-18H2,1-2H3,(H,28,31). The van der Waals surface area contributed by atoms with Gasteiger partial charge in [0.25, 0.3) is 5.56 Å². The number of nitrogens with zero attached hydrogens (tertiary/aromatic N) is 3. The highest BCUT2D eigenvalue weighted by Crippen LogP contribution is 2.23. The number of hydrogen-bond donors (Lipinski definition) is 1. The van der Waals surface area contributed by atoms with Gasteiger partial charge in [-0.25, -0.2) is 4.98 Å². The van der Waals surface area contributed by atoms with Crippen molar-refractivity contribution in [3.8, 4) is 0 Å². The van der Waals surface area contributed by atoms with Gasteiger partial charge in [-0.1, -0.05) is 50.6 Å². The molecule has 1 aliphatic rings. The highest BCUT2D eigenvalue weighted by atomic mass is 16.2. The molecule has 0 saturated carbocycles. The van der Waals surface area contributed by atoms with E-state index in [9.17, 15) is 9.59 Å². The van der Waals surface area contributed by atoms with Crippen LogP contribution in [-0.2, 0) is 30.7 Å². The van der Waals surface area contributed by atoms with Gasteiger partial charge >= 0.3 is 0 Å². The molecule has 2 aromatic carbocycles. The monoisotopic (exact) mass is 432 g/mol. The molecular formula is C26H32N4O2. The molecule has 2 heterocycles. The van der Waals surface area contributed by atoms with Crippen LogP contribution in [0.1, 0.15) is 50.1 Å². The number of fused-ring (bicyclic) bond motifs is 1. The maximum Gasteiger partial charge on any atom is 0.261 e. The van der Waals surface area contributed by atoms with Crippen LogP contribution in [0.2, 0.25) is 0 Å². The Balaban J connectivity index is 1.67. The molecule has 0 atom stereocenters. The molecule has 6 heteroatoms. The Kier molecular flexibility index (Phi) is 7.00. The second-order valence-electron chi connectivity index (χ2n) is 8.48. The molecule has 1 N–H and O–H groups in total. The van der Waals surface area contributed by atoms with Crippen LogP contribution in [0.4, 0.5) is 5.69 Å². The van der Waals surface area contributed by atoms with Gasteiger partial charge in [-0.2, -0.15) is 0 Å². The first-order valence-corrected chi connectivity index (χ1v) is 11.7. The fourth-order valence-corrected chi connectivity index (χ4v) is 4.54. The molecule has 0 spiro atoms. The maximum absolute atomic E-state index is 13.3. The third-order valence-corrected chi connectivity index (χ3v) is 6.32. The summed E-state index contributed by atoms with van der Waals surface area (Å²) in [6, 6.07) is 13.5. The summed E-state index contributed by atoms with van der Waals surface area (Å²) in [6.45, 7) is 6.70. The Morgan fingerprint density at radius 1 is 0.969 bits per heavy atom. The summed E-state index contributed by atoms with van der Waals surface area (Å²) in [4.78, 5) is 33.6. The Hall–Kier alpha value is -2.99. The molecular weight excluding hydrogens is 400 g/mol. The SMILES string of the molecule is CCc1cccc(CC)c1NC(=O)Cn1c(CN2CCCCC2)nc2ccccc2c1=O. The summed E-state index contributed by atoms with van der Waals surface area (Å²) >= 11 is 0. The number of amides is 1. The van der Waals surface area contributed by atoms with Gasteiger partial charge in [-0.15, -0.1) is 0 Å². The number of rotatable bonds is 7. The fraction of sp³-hybridized carbons (Fsp3) is 0.423. The summed E-state index contributed by atoms with van der Waals surface area (Å²) in [5.74, 6) is 0.463. The van der Waals surface area contributed by atoms with Crippen LogP contribution >= 0.6 is 0 Å². The smallest absolute Gasteiger partial charge is 0.261 e. The molecule has 1 fully saturated rings.